The predicted octanol–water partition coefficient (Wildman–Crippen LogP) is 3.05. The fourth-order valence-corrected chi connectivity index (χ4v) is 4.18. The van der Waals surface area contributed by atoms with E-state index in [1.165, 1.54) is 7.11 Å². The van der Waals surface area contributed by atoms with Crippen LogP contribution in [0.1, 0.15) is 58.4 Å². The van der Waals surface area contributed by atoms with Gasteiger partial charge in [-0.25, -0.2) is 0 Å². The Morgan fingerprint density at radius 1 is 1.15 bits per heavy atom. The number of methoxy groups -OCH3 is 2. The first-order valence-electron chi connectivity index (χ1n) is 8.81. The van der Waals surface area contributed by atoms with Crippen molar-refractivity contribution in [2.75, 3.05) is 14.2 Å². The molecule has 142 valence electrons. The zero-order chi connectivity index (χ0) is 19.3. The second kappa shape index (κ2) is 6.34. The Bertz CT molecular complexity index is 917. The molecule has 3 atom stereocenters. The second-order valence-electron chi connectivity index (χ2n) is 7.35. The fourth-order valence-electron chi connectivity index (χ4n) is 4.18. The molecule has 1 heterocycles. The van der Waals surface area contributed by atoms with E-state index in [-0.39, 0.29) is 18.0 Å². The third kappa shape index (κ3) is 2.81. The number of fused-ring (bicyclic) bond motifs is 2. The maximum atomic E-state index is 12.8. The van der Waals surface area contributed by atoms with Gasteiger partial charge in [-0.3, -0.25) is 4.79 Å². The van der Waals surface area contributed by atoms with Gasteiger partial charge in [-0.05, 0) is 30.2 Å². The van der Waals surface area contributed by atoms with Crippen LogP contribution in [0.3, 0.4) is 0 Å². The molecule has 2 aromatic rings. The number of ketones is 1. The van der Waals surface area contributed by atoms with Crippen LogP contribution < -0.4 is 4.74 Å². The quantitative estimate of drug-likeness (QED) is 0.864. The van der Waals surface area contributed by atoms with Crippen LogP contribution in [0.25, 0.3) is 0 Å². The molecular formula is C21H22O6. The van der Waals surface area contributed by atoms with Gasteiger partial charge in [0.05, 0.1) is 18.3 Å². The van der Waals surface area contributed by atoms with E-state index in [1.807, 2.05) is 18.2 Å². The monoisotopic (exact) mass is 370 g/mol. The van der Waals surface area contributed by atoms with E-state index in [0.717, 1.165) is 11.1 Å². The molecule has 2 aliphatic rings. The molecule has 2 N–H and O–H groups in total. The number of ether oxygens (including phenoxy) is 3. The standard InChI is InChI=1S/C21H22O6/c1-21(24)9-11-7-8-13(22)18(16(11)14(23)10-21)19-12-5-4-6-15(25-2)17(12)20(26-3)27-19/h4-8,19-20,22,24H,9-10H2,1-3H3/t19-,20+,21?/m1/s1. The average Bonchev–Trinajstić information content (AvgIpc) is 3.00. The molecule has 1 aliphatic heterocycles. The van der Waals surface area contributed by atoms with Gasteiger partial charge < -0.3 is 24.4 Å². The molecule has 6 heteroatoms. The molecule has 1 unspecified atom stereocenters. The lowest BCUT2D eigenvalue weighted by Crippen LogP contribution is -2.36. The molecule has 0 fully saturated rings. The van der Waals surface area contributed by atoms with Gasteiger partial charge in [0, 0.05) is 31.1 Å². The van der Waals surface area contributed by atoms with Gasteiger partial charge in [0.1, 0.15) is 17.6 Å². The zero-order valence-electron chi connectivity index (χ0n) is 15.5. The number of carbonyl (C=O) groups is 1. The highest BCUT2D eigenvalue weighted by molar-refractivity contribution is 6.01. The van der Waals surface area contributed by atoms with Gasteiger partial charge >= 0.3 is 0 Å². The Labute approximate surface area is 157 Å². The van der Waals surface area contributed by atoms with Crippen LogP contribution in [-0.2, 0) is 15.9 Å². The van der Waals surface area contributed by atoms with Crippen molar-refractivity contribution < 1.29 is 29.2 Å². The summed E-state index contributed by atoms with van der Waals surface area (Å²) >= 11 is 0. The van der Waals surface area contributed by atoms with E-state index in [2.05, 4.69) is 0 Å². The predicted molar refractivity (Wildman–Crippen MR) is 97.1 cm³/mol. The number of aromatic hydroxyl groups is 1. The van der Waals surface area contributed by atoms with Gasteiger partial charge in [-0.2, -0.15) is 0 Å². The van der Waals surface area contributed by atoms with Crippen LogP contribution >= 0.6 is 0 Å². The SMILES string of the molecule is COc1cccc2c1[C@@H](OC)O[C@H]2c1c(O)ccc2c1C(=O)CC(C)(O)C2. The van der Waals surface area contributed by atoms with E-state index in [9.17, 15) is 15.0 Å². The van der Waals surface area contributed by atoms with E-state index in [4.69, 9.17) is 14.2 Å². The molecular weight excluding hydrogens is 348 g/mol. The summed E-state index contributed by atoms with van der Waals surface area (Å²) in [5, 5.41) is 21.0. The molecule has 0 saturated carbocycles. The Balaban J connectivity index is 1.91. The summed E-state index contributed by atoms with van der Waals surface area (Å²) in [4.78, 5) is 12.8. The van der Waals surface area contributed by atoms with Crippen molar-refractivity contribution in [1.29, 1.82) is 0 Å². The van der Waals surface area contributed by atoms with E-state index in [1.54, 1.807) is 26.2 Å². The molecule has 27 heavy (non-hydrogen) atoms. The normalized spacial score (nSPS) is 26.6. The van der Waals surface area contributed by atoms with Crippen molar-refractivity contribution in [3.63, 3.8) is 0 Å². The first kappa shape index (κ1) is 18.0. The number of rotatable bonds is 3. The summed E-state index contributed by atoms with van der Waals surface area (Å²) < 4.78 is 17.0. The lowest BCUT2D eigenvalue weighted by Gasteiger charge is -2.31. The Morgan fingerprint density at radius 3 is 2.63 bits per heavy atom. The Hall–Kier alpha value is -2.41. The molecule has 1 aliphatic carbocycles. The molecule has 0 spiro atoms. The summed E-state index contributed by atoms with van der Waals surface area (Å²) in [7, 11) is 3.11. The smallest absolute Gasteiger partial charge is 0.188 e. The molecule has 0 saturated heterocycles. The number of hydrogen-bond donors (Lipinski definition) is 2. The summed E-state index contributed by atoms with van der Waals surface area (Å²) in [6.45, 7) is 1.65. The minimum atomic E-state index is -1.09. The van der Waals surface area contributed by atoms with E-state index in [0.29, 0.717) is 28.9 Å². The molecule has 0 amide bonds. The van der Waals surface area contributed by atoms with Crippen molar-refractivity contribution in [3.8, 4) is 11.5 Å². The van der Waals surface area contributed by atoms with Crippen LogP contribution in [0.4, 0.5) is 0 Å². The van der Waals surface area contributed by atoms with E-state index >= 15 is 0 Å². The van der Waals surface area contributed by atoms with Gasteiger partial charge in [-0.15, -0.1) is 0 Å². The maximum absolute atomic E-state index is 12.8. The zero-order valence-corrected chi connectivity index (χ0v) is 15.5. The van der Waals surface area contributed by atoms with Gasteiger partial charge in [0.25, 0.3) is 0 Å². The van der Waals surface area contributed by atoms with Crippen molar-refractivity contribution in [3.05, 3.63) is 58.1 Å². The van der Waals surface area contributed by atoms with Gasteiger partial charge in [0.15, 0.2) is 12.1 Å². The van der Waals surface area contributed by atoms with Gasteiger partial charge in [-0.1, -0.05) is 18.2 Å². The van der Waals surface area contributed by atoms with Gasteiger partial charge in [0.2, 0.25) is 0 Å². The highest BCUT2D eigenvalue weighted by atomic mass is 16.7. The van der Waals surface area contributed by atoms with Crippen LogP contribution in [0.5, 0.6) is 11.5 Å². The number of aliphatic hydroxyl groups is 1. The van der Waals surface area contributed by atoms with Crippen LogP contribution in [0, 0.1) is 0 Å². The Kier molecular flexibility index (Phi) is 4.22. The summed E-state index contributed by atoms with van der Waals surface area (Å²) in [6.07, 6.45) is -0.991. The second-order valence-corrected chi connectivity index (χ2v) is 7.35. The van der Waals surface area contributed by atoms with Crippen LogP contribution in [0.2, 0.25) is 0 Å². The molecule has 2 aromatic carbocycles. The number of phenolic OH excluding ortho intramolecular Hbond substituents is 1. The first-order chi connectivity index (χ1) is 12.9. The summed E-state index contributed by atoms with van der Waals surface area (Å²) in [5.41, 5.74) is 2.00. The summed E-state index contributed by atoms with van der Waals surface area (Å²) in [5.74, 6) is 0.403. The number of hydrogen-bond acceptors (Lipinski definition) is 6. The fraction of sp³-hybridized carbons (Fsp3) is 0.381. The van der Waals surface area contributed by atoms with Crippen LogP contribution in [-0.4, -0.2) is 35.8 Å². The van der Waals surface area contributed by atoms with Crippen molar-refractivity contribution in [2.24, 2.45) is 0 Å². The highest BCUT2D eigenvalue weighted by Crippen LogP contribution is 2.50. The minimum absolute atomic E-state index is 0.00183. The maximum Gasteiger partial charge on any atom is 0.188 e. The minimum Gasteiger partial charge on any atom is -0.508 e. The lowest BCUT2D eigenvalue weighted by atomic mass is 9.77. The van der Waals surface area contributed by atoms with E-state index < -0.39 is 18.0 Å². The molecule has 0 radical (unpaired) electrons. The summed E-state index contributed by atoms with van der Waals surface area (Å²) in [6, 6.07) is 8.77. The third-order valence-electron chi connectivity index (χ3n) is 5.27. The largest absolute Gasteiger partial charge is 0.508 e. The number of Topliss-reactive ketones (excluding diaryl/α,β-unsaturated/α-hetero) is 1. The number of carbonyl (C=O) groups excluding carboxylic acids is 1. The van der Waals surface area contributed by atoms with Crippen molar-refractivity contribution in [1.82, 2.24) is 0 Å². The average molecular weight is 370 g/mol. The van der Waals surface area contributed by atoms with Crippen LogP contribution in [0.15, 0.2) is 30.3 Å². The molecule has 0 bridgehead atoms. The number of benzene rings is 2. The first-order valence-corrected chi connectivity index (χ1v) is 8.81. The number of phenols is 1. The van der Waals surface area contributed by atoms with Crippen molar-refractivity contribution in [2.45, 2.75) is 37.8 Å². The highest BCUT2D eigenvalue weighted by Gasteiger charge is 2.42. The molecule has 6 nitrogen and oxygen atoms in total. The Morgan fingerprint density at radius 2 is 1.93 bits per heavy atom. The topological polar surface area (TPSA) is 85.2 Å². The molecule has 0 aromatic heterocycles. The van der Waals surface area contributed by atoms with Crippen molar-refractivity contribution >= 4 is 5.78 Å². The molecule has 4 rings (SSSR count). The lowest BCUT2D eigenvalue weighted by molar-refractivity contribution is -0.133. The third-order valence-corrected chi connectivity index (χ3v) is 5.27.